The predicted molar refractivity (Wildman–Crippen MR) is 81.6 cm³/mol. The average molecular weight is 333 g/mol. The third-order valence-corrected chi connectivity index (χ3v) is 4.29. The van der Waals surface area contributed by atoms with Crippen molar-refractivity contribution in [3.8, 4) is 11.8 Å². The number of nitro groups is 1. The van der Waals surface area contributed by atoms with E-state index in [1.54, 1.807) is 0 Å². The lowest BCUT2D eigenvalue weighted by Gasteiger charge is -2.11. The van der Waals surface area contributed by atoms with E-state index >= 15 is 0 Å². The summed E-state index contributed by atoms with van der Waals surface area (Å²) < 4.78 is 32.1. The van der Waals surface area contributed by atoms with Gasteiger partial charge in [0.05, 0.1) is 29.4 Å². The highest BCUT2D eigenvalue weighted by Crippen LogP contribution is 2.29. The molecule has 23 heavy (non-hydrogen) atoms. The van der Waals surface area contributed by atoms with Crippen LogP contribution < -0.4 is 9.46 Å². The molecule has 0 saturated heterocycles. The van der Waals surface area contributed by atoms with Crippen LogP contribution in [0.4, 0.5) is 11.4 Å². The summed E-state index contributed by atoms with van der Waals surface area (Å²) in [6, 6.07) is 11.0. The van der Waals surface area contributed by atoms with Crippen molar-refractivity contribution in [1.29, 1.82) is 5.26 Å². The second-order valence-electron chi connectivity index (χ2n) is 4.39. The third kappa shape index (κ3) is 3.56. The Balaban J connectivity index is 2.48. The van der Waals surface area contributed by atoms with Gasteiger partial charge in [0.25, 0.3) is 15.7 Å². The fourth-order valence-electron chi connectivity index (χ4n) is 1.85. The van der Waals surface area contributed by atoms with Crippen molar-refractivity contribution in [2.75, 3.05) is 11.8 Å². The molecule has 0 radical (unpaired) electrons. The summed E-state index contributed by atoms with van der Waals surface area (Å²) in [6.45, 7) is 0. The molecule has 0 heterocycles. The molecule has 0 unspecified atom stereocenters. The van der Waals surface area contributed by atoms with Crippen molar-refractivity contribution in [2.24, 2.45) is 0 Å². The number of anilines is 1. The minimum atomic E-state index is -4.13. The van der Waals surface area contributed by atoms with Crippen LogP contribution in [-0.4, -0.2) is 20.5 Å². The molecule has 0 amide bonds. The van der Waals surface area contributed by atoms with E-state index in [0.29, 0.717) is 0 Å². The SMILES string of the molecule is COc1ccc([N+](=O)[O-])cc1S(=O)(=O)Nc1cccc(C#N)c1. The molecule has 0 aliphatic rings. The fraction of sp³-hybridized carbons (Fsp3) is 0.0714. The summed E-state index contributed by atoms with van der Waals surface area (Å²) in [5, 5.41) is 19.7. The maximum Gasteiger partial charge on any atom is 0.271 e. The normalized spacial score (nSPS) is 10.6. The number of nitro benzene ring substituents is 1. The molecule has 0 bridgehead atoms. The Bertz CT molecular complexity index is 903. The number of methoxy groups -OCH3 is 1. The molecule has 0 spiro atoms. The molecule has 2 aromatic carbocycles. The van der Waals surface area contributed by atoms with E-state index in [1.807, 2.05) is 6.07 Å². The van der Waals surface area contributed by atoms with Crippen LogP contribution in [0.15, 0.2) is 47.4 Å². The molecule has 0 aromatic heterocycles. The number of hydrogen-bond donors (Lipinski definition) is 1. The van der Waals surface area contributed by atoms with Crippen LogP contribution in [0.2, 0.25) is 0 Å². The van der Waals surface area contributed by atoms with Crippen molar-refractivity contribution in [2.45, 2.75) is 4.90 Å². The number of rotatable bonds is 5. The van der Waals surface area contributed by atoms with Crippen molar-refractivity contribution in [3.05, 3.63) is 58.1 Å². The minimum absolute atomic E-state index is 0.0282. The molecule has 0 saturated carbocycles. The van der Waals surface area contributed by atoms with Crippen LogP contribution in [0.5, 0.6) is 5.75 Å². The van der Waals surface area contributed by atoms with Crippen molar-refractivity contribution in [3.63, 3.8) is 0 Å². The highest BCUT2D eigenvalue weighted by atomic mass is 32.2. The van der Waals surface area contributed by atoms with Gasteiger partial charge in [-0.25, -0.2) is 8.42 Å². The van der Waals surface area contributed by atoms with E-state index < -0.39 is 14.9 Å². The second kappa shape index (κ2) is 6.33. The Morgan fingerprint density at radius 2 is 2.00 bits per heavy atom. The van der Waals surface area contributed by atoms with E-state index in [4.69, 9.17) is 10.00 Å². The standard InChI is InChI=1S/C14H11N3O5S/c1-22-13-6-5-12(17(18)19)8-14(13)23(20,21)16-11-4-2-3-10(7-11)9-15/h2-8,16H,1H3. The number of nitriles is 1. The number of nitrogens with one attached hydrogen (secondary N) is 1. The minimum Gasteiger partial charge on any atom is -0.495 e. The van der Waals surface area contributed by atoms with Gasteiger partial charge in [0.1, 0.15) is 10.6 Å². The molecular formula is C14H11N3O5S. The van der Waals surface area contributed by atoms with E-state index in [1.165, 1.54) is 37.4 Å². The van der Waals surface area contributed by atoms with Gasteiger partial charge >= 0.3 is 0 Å². The number of nitrogens with zero attached hydrogens (tertiary/aromatic N) is 2. The van der Waals surface area contributed by atoms with Gasteiger partial charge in [0.2, 0.25) is 0 Å². The van der Waals surface area contributed by atoms with Gasteiger partial charge in [-0.05, 0) is 24.3 Å². The highest BCUT2D eigenvalue weighted by Gasteiger charge is 2.23. The topological polar surface area (TPSA) is 122 Å². The van der Waals surface area contributed by atoms with Gasteiger partial charge in [-0.1, -0.05) is 6.07 Å². The zero-order valence-electron chi connectivity index (χ0n) is 11.9. The lowest BCUT2D eigenvalue weighted by Crippen LogP contribution is -2.14. The number of benzene rings is 2. The number of ether oxygens (including phenoxy) is 1. The Hall–Kier alpha value is -3.12. The molecular weight excluding hydrogens is 322 g/mol. The van der Waals surface area contributed by atoms with Gasteiger partial charge in [-0.2, -0.15) is 5.26 Å². The number of non-ortho nitro benzene ring substituents is 1. The monoisotopic (exact) mass is 333 g/mol. The van der Waals surface area contributed by atoms with Gasteiger partial charge in [0.15, 0.2) is 0 Å². The zero-order valence-corrected chi connectivity index (χ0v) is 12.7. The Morgan fingerprint density at radius 1 is 1.26 bits per heavy atom. The smallest absolute Gasteiger partial charge is 0.271 e. The zero-order chi connectivity index (χ0) is 17.0. The molecule has 8 nitrogen and oxygen atoms in total. The van der Waals surface area contributed by atoms with E-state index in [0.717, 1.165) is 12.1 Å². The molecule has 118 valence electrons. The Morgan fingerprint density at radius 3 is 2.61 bits per heavy atom. The summed E-state index contributed by atoms with van der Waals surface area (Å²) in [4.78, 5) is 9.77. The first-order chi connectivity index (χ1) is 10.9. The first kappa shape index (κ1) is 16.3. The van der Waals surface area contributed by atoms with Crippen LogP contribution >= 0.6 is 0 Å². The van der Waals surface area contributed by atoms with E-state index in [-0.39, 0.29) is 27.6 Å². The lowest BCUT2D eigenvalue weighted by molar-refractivity contribution is -0.385. The van der Waals surface area contributed by atoms with Crippen molar-refractivity contribution >= 4 is 21.4 Å². The highest BCUT2D eigenvalue weighted by molar-refractivity contribution is 7.92. The maximum atomic E-state index is 12.5. The number of sulfonamides is 1. The summed E-state index contributed by atoms with van der Waals surface area (Å²) in [5.74, 6) is -0.0282. The first-order valence-corrected chi connectivity index (χ1v) is 7.71. The molecule has 9 heteroatoms. The summed E-state index contributed by atoms with van der Waals surface area (Å²) in [7, 11) is -2.87. The van der Waals surface area contributed by atoms with E-state index in [9.17, 15) is 18.5 Å². The maximum absolute atomic E-state index is 12.5. The molecule has 0 aliphatic heterocycles. The van der Waals surface area contributed by atoms with Crippen molar-refractivity contribution < 1.29 is 18.1 Å². The Kier molecular flexibility index (Phi) is 4.47. The van der Waals surface area contributed by atoms with Crippen molar-refractivity contribution in [1.82, 2.24) is 0 Å². The van der Waals surface area contributed by atoms with Gasteiger partial charge in [-0.3, -0.25) is 14.8 Å². The third-order valence-electron chi connectivity index (χ3n) is 2.89. The number of hydrogen-bond acceptors (Lipinski definition) is 6. The van der Waals surface area contributed by atoms with Gasteiger partial charge < -0.3 is 4.74 Å². The molecule has 0 atom stereocenters. The summed E-state index contributed by atoms with van der Waals surface area (Å²) in [5.41, 5.74) is 0.0609. The molecule has 1 N–H and O–H groups in total. The first-order valence-electron chi connectivity index (χ1n) is 6.23. The predicted octanol–water partition coefficient (Wildman–Crippen LogP) is 2.28. The van der Waals surface area contributed by atoms with Gasteiger partial charge in [-0.15, -0.1) is 0 Å². The molecule has 2 rings (SSSR count). The molecule has 0 aliphatic carbocycles. The van der Waals surface area contributed by atoms with Crippen LogP contribution in [-0.2, 0) is 10.0 Å². The summed E-state index contributed by atoms with van der Waals surface area (Å²) in [6.07, 6.45) is 0. The molecule has 2 aromatic rings. The van der Waals surface area contributed by atoms with Crippen LogP contribution in [0.3, 0.4) is 0 Å². The van der Waals surface area contributed by atoms with E-state index in [2.05, 4.69) is 4.72 Å². The quantitative estimate of drug-likeness (QED) is 0.661. The summed E-state index contributed by atoms with van der Waals surface area (Å²) >= 11 is 0. The fourth-order valence-corrected chi connectivity index (χ4v) is 3.09. The van der Waals surface area contributed by atoms with Gasteiger partial charge in [0, 0.05) is 12.1 Å². The average Bonchev–Trinajstić information content (AvgIpc) is 2.53. The van der Waals surface area contributed by atoms with Crippen LogP contribution in [0.25, 0.3) is 0 Å². The van der Waals surface area contributed by atoms with Crippen LogP contribution in [0, 0.1) is 21.4 Å². The second-order valence-corrected chi connectivity index (χ2v) is 6.04. The Labute approximate surface area is 132 Å². The largest absolute Gasteiger partial charge is 0.495 e. The molecule has 0 fully saturated rings. The lowest BCUT2D eigenvalue weighted by atomic mass is 10.2. The van der Waals surface area contributed by atoms with Crippen LogP contribution in [0.1, 0.15) is 5.56 Å².